The van der Waals surface area contributed by atoms with E-state index in [-0.39, 0.29) is 11.7 Å². The van der Waals surface area contributed by atoms with E-state index in [1.165, 1.54) is 11.1 Å². The molecule has 0 aromatic heterocycles. The summed E-state index contributed by atoms with van der Waals surface area (Å²) in [6, 6.07) is 6.13. The van der Waals surface area contributed by atoms with Gasteiger partial charge in [-0.15, -0.1) is 0 Å². The van der Waals surface area contributed by atoms with Crippen molar-refractivity contribution in [1.29, 1.82) is 0 Å². The largest absolute Gasteiger partial charge is 0.497 e. The smallest absolute Gasteiger partial charge is 0.129 e. The molecule has 3 nitrogen and oxygen atoms in total. The summed E-state index contributed by atoms with van der Waals surface area (Å²) in [5.74, 6) is 2.16. The Balaban J connectivity index is 1.94. The van der Waals surface area contributed by atoms with Crippen LogP contribution in [-0.4, -0.2) is 18.8 Å². The van der Waals surface area contributed by atoms with E-state index >= 15 is 0 Å². The number of fused-ring (bicyclic) bond motifs is 3. The molecule has 1 saturated heterocycles. The van der Waals surface area contributed by atoms with Gasteiger partial charge in [0.25, 0.3) is 0 Å². The van der Waals surface area contributed by atoms with Crippen molar-refractivity contribution in [3.05, 3.63) is 35.4 Å². The minimum absolute atomic E-state index is 0.125. The number of benzene rings is 1. The van der Waals surface area contributed by atoms with Crippen molar-refractivity contribution >= 4 is 0 Å². The Morgan fingerprint density at radius 2 is 2.12 bits per heavy atom. The lowest BCUT2D eigenvalue weighted by Crippen LogP contribution is -2.50. The Bertz CT molecular complexity index is 618. The van der Waals surface area contributed by atoms with Crippen molar-refractivity contribution in [2.24, 2.45) is 5.92 Å². The molecule has 0 radical (unpaired) electrons. The van der Waals surface area contributed by atoms with Crippen molar-refractivity contribution in [2.45, 2.75) is 71.2 Å². The normalized spacial score (nSPS) is 31.5. The lowest BCUT2D eigenvalue weighted by molar-refractivity contribution is -0.152. The van der Waals surface area contributed by atoms with Crippen LogP contribution < -0.4 is 9.47 Å². The Morgan fingerprint density at radius 1 is 1.33 bits per heavy atom. The summed E-state index contributed by atoms with van der Waals surface area (Å²) in [6.45, 7) is 8.73. The molecule has 0 amide bonds. The highest BCUT2D eigenvalue weighted by atomic mass is 16.5. The fourth-order valence-corrected chi connectivity index (χ4v) is 4.07. The molecule has 1 aromatic rings. The molecule has 132 valence electrons. The molecule has 0 spiro atoms. The average molecular weight is 330 g/mol. The van der Waals surface area contributed by atoms with Gasteiger partial charge in [0, 0.05) is 17.5 Å². The molecule has 24 heavy (non-hydrogen) atoms. The zero-order valence-corrected chi connectivity index (χ0v) is 15.6. The van der Waals surface area contributed by atoms with Crippen LogP contribution in [0.2, 0.25) is 0 Å². The molecule has 3 rings (SSSR count). The Hall–Kier alpha value is -1.48. The monoisotopic (exact) mass is 330 g/mol. The maximum atomic E-state index is 6.56. The minimum atomic E-state index is -0.198. The molecule has 1 aromatic carbocycles. The van der Waals surface area contributed by atoms with Crippen LogP contribution in [0.15, 0.2) is 29.8 Å². The highest BCUT2D eigenvalue weighted by molar-refractivity contribution is 5.45. The lowest BCUT2D eigenvalue weighted by Gasteiger charge is -2.50. The van der Waals surface area contributed by atoms with Gasteiger partial charge in [0.1, 0.15) is 17.1 Å². The predicted molar refractivity (Wildman–Crippen MR) is 96.7 cm³/mol. The van der Waals surface area contributed by atoms with Gasteiger partial charge in [0.15, 0.2) is 0 Å². The highest BCUT2D eigenvalue weighted by Gasteiger charge is 2.49. The standard InChI is InChI=1S/C21H30O3/c1-14(2)7-6-12-21(4)18-11-8-15(3)23-20(18)17-10-9-16(22-5)13-19(17)24-21/h7,9-10,13,15,18,20H,6,8,11-12H2,1-5H3/t15-,18-,20+,21+/m1/s1. The first-order chi connectivity index (χ1) is 11.4. The van der Waals surface area contributed by atoms with Crippen LogP contribution in [0.1, 0.15) is 65.0 Å². The summed E-state index contributed by atoms with van der Waals surface area (Å²) >= 11 is 0. The third-order valence-corrected chi connectivity index (χ3v) is 5.48. The molecule has 2 aliphatic heterocycles. The van der Waals surface area contributed by atoms with Crippen molar-refractivity contribution in [1.82, 2.24) is 0 Å². The fourth-order valence-electron chi connectivity index (χ4n) is 4.07. The van der Waals surface area contributed by atoms with Crippen molar-refractivity contribution in [3.8, 4) is 11.5 Å². The van der Waals surface area contributed by atoms with E-state index in [1.807, 2.05) is 12.1 Å². The summed E-state index contributed by atoms with van der Waals surface area (Å²) in [4.78, 5) is 0. The summed E-state index contributed by atoms with van der Waals surface area (Å²) in [6.07, 6.45) is 7.04. The van der Waals surface area contributed by atoms with Gasteiger partial charge >= 0.3 is 0 Å². The average Bonchev–Trinajstić information content (AvgIpc) is 2.53. The quantitative estimate of drug-likeness (QED) is 0.687. The van der Waals surface area contributed by atoms with E-state index in [2.05, 4.69) is 39.8 Å². The molecule has 4 atom stereocenters. The van der Waals surface area contributed by atoms with Crippen LogP contribution >= 0.6 is 0 Å². The van der Waals surface area contributed by atoms with Crippen molar-refractivity contribution < 1.29 is 14.2 Å². The molecule has 0 N–H and O–H groups in total. The van der Waals surface area contributed by atoms with Crippen LogP contribution in [0.25, 0.3) is 0 Å². The van der Waals surface area contributed by atoms with Gasteiger partial charge in [-0.3, -0.25) is 0 Å². The summed E-state index contributed by atoms with van der Waals surface area (Å²) in [7, 11) is 1.69. The first-order valence-corrected chi connectivity index (χ1v) is 9.09. The Morgan fingerprint density at radius 3 is 2.83 bits per heavy atom. The number of methoxy groups -OCH3 is 1. The van der Waals surface area contributed by atoms with Gasteiger partial charge in [-0.05, 0) is 65.5 Å². The topological polar surface area (TPSA) is 27.7 Å². The zero-order chi connectivity index (χ0) is 17.3. The second-order valence-corrected chi connectivity index (χ2v) is 7.69. The van der Waals surface area contributed by atoms with E-state index in [0.717, 1.165) is 37.2 Å². The second-order valence-electron chi connectivity index (χ2n) is 7.69. The molecular weight excluding hydrogens is 300 g/mol. The van der Waals surface area contributed by atoms with E-state index in [0.29, 0.717) is 12.0 Å². The molecule has 0 bridgehead atoms. The van der Waals surface area contributed by atoms with Gasteiger partial charge in [-0.25, -0.2) is 0 Å². The number of rotatable bonds is 4. The van der Waals surface area contributed by atoms with E-state index in [1.54, 1.807) is 7.11 Å². The molecule has 2 heterocycles. The summed E-state index contributed by atoms with van der Waals surface area (Å²) in [5.41, 5.74) is 2.34. The van der Waals surface area contributed by atoms with Crippen LogP contribution in [0, 0.1) is 5.92 Å². The number of ether oxygens (including phenoxy) is 3. The maximum Gasteiger partial charge on any atom is 0.129 e. The van der Waals surface area contributed by atoms with Crippen LogP contribution in [0.3, 0.4) is 0 Å². The molecule has 2 aliphatic rings. The molecule has 0 aliphatic carbocycles. The first-order valence-electron chi connectivity index (χ1n) is 9.09. The van der Waals surface area contributed by atoms with Gasteiger partial charge in [-0.1, -0.05) is 11.6 Å². The lowest BCUT2D eigenvalue weighted by atomic mass is 9.72. The fraction of sp³-hybridized carbons (Fsp3) is 0.619. The van der Waals surface area contributed by atoms with Gasteiger partial charge < -0.3 is 14.2 Å². The molecular formula is C21H30O3. The van der Waals surface area contributed by atoms with E-state index in [4.69, 9.17) is 14.2 Å². The molecule has 3 heteroatoms. The number of hydrogen-bond acceptors (Lipinski definition) is 3. The van der Waals surface area contributed by atoms with Crippen molar-refractivity contribution in [3.63, 3.8) is 0 Å². The van der Waals surface area contributed by atoms with Gasteiger partial charge in [0.2, 0.25) is 0 Å². The Kier molecular flexibility index (Phi) is 4.91. The molecule has 1 fully saturated rings. The van der Waals surface area contributed by atoms with E-state index in [9.17, 15) is 0 Å². The Labute approximate surface area is 146 Å². The van der Waals surface area contributed by atoms with Gasteiger partial charge in [0.05, 0.1) is 19.3 Å². The maximum absolute atomic E-state index is 6.56. The predicted octanol–water partition coefficient (Wildman–Crippen LogP) is 5.45. The number of allylic oxidation sites excluding steroid dienone is 2. The second kappa shape index (κ2) is 6.79. The summed E-state index contributed by atoms with van der Waals surface area (Å²) in [5, 5.41) is 0. The molecule has 0 saturated carbocycles. The third kappa shape index (κ3) is 3.32. The first kappa shape index (κ1) is 17.3. The van der Waals surface area contributed by atoms with Crippen LogP contribution in [-0.2, 0) is 4.74 Å². The van der Waals surface area contributed by atoms with Gasteiger partial charge in [-0.2, -0.15) is 0 Å². The van der Waals surface area contributed by atoms with Crippen molar-refractivity contribution in [2.75, 3.05) is 7.11 Å². The highest BCUT2D eigenvalue weighted by Crippen LogP contribution is 2.52. The third-order valence-electron chi connectivity index (χ3n) is 5.48. The van der Waals surface area contributed by atoms with E-state index < -0.39 is 0 Å². The minimum Gasteiger partial charge on any atom is -0.497 e. The zero-order valence-electron chi connectivity index (χ0n) is 15.6. The van der Waals surface area contributed by atoms with Crippen LogP contribution in [0.5, 0.6) is 11.5 Å². The molecule has 0 unspecified atom stereocenters. The number of hydrogen-bond donors (Lipinski definition) is 0. The van der Waals surface area contributed by atoms with Crippen LogP contribution in [0.4, 0.5) is 0 Å². The summed E-state index contributed by atoms with van der Waals surface area (Å²) < 4.78 is 18.3. The SMILES string of the molecule is COc1ccc2c(c1)O[C@@](C)(CCC=C(C)C)[C@@H]1CC[C@@H](C)O[C@@H]21.